The largest absolute Gasteiger partial charge is 0.469 e. The fourth-order valence-corrected chi connectivity index (χ4v) is 4.27. The highest BCUT2D eigenvalue weighted by atomic mass is 127. The molecule has 0 atom stereocenters. The van der Waals surface area contributed by atoms with Crippen LogP contribution in [0, 0.1) is 11.8 Å². The van der Waals surface area contributed by atoms with E-state index in [2.05, 4.69) is 28.9 Å². The van der Waals surface area contributed by atoms with Gasteiger partial charge in [-0.25, -0.2) is 0 Å². The van der Waals surface area contributed by atoms with Crippen LogP contribution in [-0.4, -0.2) is 61.6 Å². The first-order chi connectivity index (χ1) is 10.7. The van der Waals surface area contributed by atoms with Gasteiger partial charge in [-0.2, -0.15) is 11.8 Å². The Morgan fingerprint density at radius 3 is 2.48 bits per heavy atom. The SMILES string of the molecule is CCNC(=NCC1CCSCC1)N1CCC(C(=O)OC)CC1.I. The Labute approximate surface area is 161 Å². The van der Waals surface area contributed by atoms with Crippen LogP contribution in [-0.2, 0) is 9.53 Å². The minimum atomic E-state index is -0.0682. The van der Waals surface area contributed by atoms with Gasteiger partial charge in [-0.05, 0) is 50.0 Å². The molecule has 0 aliphatic carbocycles. The second kappa shape index (κ2) is 11.4. The lowest BCUT2D eigenvalue weighted by molar-refractivity contribution is -0.146. The fourth-order valence-electron chi connectivity index (χ4n) is 3.06. The van der Waals surface area contributed by atoms with Gasteiger partial charge < -0.3 is 15.0 Å². The summed E-state index contributed by atoms with van der Waals surface area (Å²) in [6.07, 6.45) is 4.30. The van der Waals surface area contributed by atoms with Gasteiger partial charge in [0, 0.05) is 26.2 Å². The third kappa shape index (κ3) is 6.68. The number of guanidine groups is 1. The molecule has 2 heterocycles. The number of piperidine rings is 1. The van der Waals surface area contributed by atoms with E-state index in [4.69, 9.17) is 9.73 Å². The van der Waals surface area contributed by atoms with Crippen LogP contribution in [0.3, 0.4) is 0 Å². The third-order valence-electron chi connectivity index (χ3n) is 4.50. The maximum absolute atomic E-state index is 11.6. The van der Waals surface area contributed by atoms with E-state index in [-0.39, 0.29) is 35.9 Å². The molecular weight excluding hydrogens is 425 g/mol. The summed E-state index contributed by atoms with van der Waals surface area (Å²) in [4.78, 5) is 18.8. The topological polar surface area (TPSA) is 53.9 Å². The first-order valence-electron chi connectivity index (χ1n) is 8.43. The number of nitrogens with one attached hydrogen (secondary N) is 1. The summed E-state index contributed by atoms with van der Waals surface area (Å²) in [5.41, 5.74) is 0. The van der Waals surface area contributed by atoms with Gasteiger partial charge in [0.25, 0.3) is 0 Å². The van der Waals surface area contributed by atoms with Crippen LogP contribution in [0.1, 0.15) is 32.6 Å². The number of hydrogen-bond donors (Lipinski definition) is 1. The summed E-state index contributed by atoms with van der Waals surface area (Å²) in [6.45, 7) is 5.68. The molecule has 0 aromatic carbocycles. The quantitative estimate of drug-likeness (QED) is 0.306. The number of thioether (sulfide) groups is 1. The van der Waals surface area contributed by atoms with E-state index in [9.17, 15) is 4.79 Å². The highest BCUT2D eigenvalue weighted by Crippen LogP contribution is 2.23. The maximum Gasteiger partial charge on any atom is 0.308 e. The van der Waals surface area contributed by atoms with Gasteiger partial charge in [0.05, 0.1) is 13.0 Å². The zero-order valence-electron chi connectivity index (χ0n) is 14.3. The molecule has 0 aromatic rings. The first kappa shape index (κ1) is 20.9. The standard InChI is InChI=1S/C16H29N3O2S.HI/c1-3-17-16(18-12-13-6-10-22-11-7-13)19-8-4-14(5-9-19)15(20)21-2;/h13-14H,3-12H2,1-2H3,(H,17,18);1H. The molecule has 7 heteroatoms. The molecule has 0 aromatic heterocycles. The molecule has 2 aliphatic rings. The van der Waals surface area contributed by atoms with Gasteiger partial charge >= 0.3 is 5.97 Å². The van der Waals surface area contributed by atoms with Gasteiger partial charge in [-0.15, -0.1) is 24.0 Å². The molecule has 2 fully saturated rings. The van der Waals surface area contributed by atoms with Gasteiger partial charge in [0.2, 0.25) is 0 Å². The van der Waals surface area contributed by atoms with Crippen molar-refractivity contribution in [2.75, 3.05) is 44.8 Å². The molecule has 0 bridgehead atoms. The van der Waals surface area contributed by atoms with Crippen LogP contribution < -0.4 is 5.32 Å². The Morgan fingerprint density at radius 2 is 1.91 bits per heavy atom. The van der Waals surface area contributed by atoms with E-state index < -0.39 is 0 Å². The van der Waals surface area contributed by atoms with Crippen molar-refractivity contribution < 1.29 is 9.53 Å². The Hall–Kier alpha value is -0.180. The summed E-state index contributed by atoms with van der Waals surface area (Å²) in [7, 11) is 1.47. The average molecular weight is 455 g/mol. The van der Waals surface area contributed by atoms with E-state index in [0.717, 1.165) is 50.9 Å². The zero-order valence-corrected chi connectivity index (χ0v) is 17.4. The van der Waals surface area contributed by atoms with Crippen LogP contribution in [0.5, 0.6) is 0 Å². The van der Waals surface area contributed by atoms with Crippen molar-refractivity contribution in [2.24, 2.45) is 16.8 Å². The van der Waals surface area contributed by atoms with E-state index in [1.54, 1.807) is 0 Å². The number of methoxy groups -OCH3 is 1. The molecule has 0 spiro atoms. The van der Waals surface area contributed by atoms with E-state index in [1.807, 2.05) is 0 Å². The number of esters is 1. The minimum Gasteiger partial charge on any atom is -0.469 e. The van der Waals surface area contributed by atoms with Crippen LogP contribution in [0.25, 0.3) is 0 Å². The molecule has 2 aliphatic heterocycles. The Bertz CT molecular complexity index is 382. The molecule has 2 saturated heterocycles. The minimum absolute atomic E-state index is 0. The molecule has 0 saturated carbocycles. The Balaban J connectivity index is 0.00000264. The predicted octanol–water partition coefficient (Wildman–Crippen LogP) is 2.60. The molecule has 134 valence electrons. The second-order valence-electron chi connectivity index (χ2n) is 6.03. The van der Waals surface area contributed by atoms with Crippen LogP contribution in [0.15, 0.2) is 4.99 Å². The monoisotopic (exact) mass is 455 g/mol. The lowest BCUT2D eigenvalue weighted by atomic mass is 9.97. The normalized spacial score (nSPS) is 20.8. The smallest absolute Gasteiger partial charge is 0.308 e. The number of rotatable bonds is 4. The van der Waals surface area contributed by atoms with Gasteiger partial charge in [0.1, 0.15) is 0 Å². The number of likely N-dealkylation sites (tertiary alicyclic amines) is 1. The van der Waals surface area contributed by atoms with Crippen molar-refractivity contribution in [1.29, 1.82) is 0 Å². The van der Waals surface area contributed by atoms with Gasteiger partial charge in [-0.3, -0.25) is 9.79 Å². The van der Waals surface area contributed by atoms with Crippen molar-refractivity contribution in [3.63, 3.8) is 0 Å². The molecule has 0 radical (unpaired) electrons. The highest BCUT2D eigenvalue weighted by Gasteiger charge is 2.27. The lowest BCUT2D eigenvalue weighted by Crippen LogP contribution is -2.46. The number of ether oxygens (including phenoxy) is 1. The van der Waals surface area contributed by atoms with Gasteiger partial charge in [-0.1, -0.05) is 0 Å². The molecule has 2 rings (SSSR count). The number of carbonyl (C=O) groups is 1. The number of carbonyl (C=O) groups excluding carboxylic acids is 1. The Kier molecular flexibility index (Phi) is 10.3. The number of halogens is 1. The average Bonchev–Trinajstić information content (AvgIpc) is 2.59. The Morgan fingerprint density at radius 1 is 1.26 bits per heavy atom. The maximum atomic E-state index is 11.6. The zero-order chi connectivity index (χ0) is 15.8. The number of hydrogen-bond acceptors (Lipinski definition) is 4. The molecule has 1 N–H and O–H groups in total. The van der Waals surface area contributed by atoms with E-state index in [0.29, 0.717) is 0 Å². The number of nitrogens with zero attached hydrogens (tertiary/aromatic N) is 2. The lowest BCUT2D eigenvalue weighted by Gasteiger charge is -2.33. The van der Waals surface area contributed by atoms with E-state index in [1.165, 1.54) is 31.5 Å². The molecule has 23 heavy (non-hydrogen) atoms. The first-order valence-corrected chi connectivity index (χ1v) is 9.59. The van der Waals surface area contributed by atoms with Crippen LogP contribution in [0.4, 0.5) is 0 Å². The summed E-state index contributed by atoms with van der Waals surface area (Å²) >= 11 is 2.06. The van der Waals surface area contributed by atoms with Crippen molar-refractivity contribution in [2.45, 2.75) is 32.6 Å². The van der Waals surface area contributed by atoms with Crippen molar-refractivity contribution in [3.8, 4) is 0 Å². The summed E-state index contributed by atoms with van der Waals surface area (Å²) in [5, 5.41) is 3.40. The second-order valence-corrected chi connectivity index (χ2v) is 7.26. The molecule has 5 nitrogen and oxygen atoms in total. The van der Waals surface area contributed by atoms with Crippen molar-refractivity contribution >= 4 is 47.7 Å². The summed E-state index contributed by atoms with van der Waals surface area (Å²) in [6, 6.07) is 0. The fraction of sp³-hybridized carbons (Fsp3) is 0.875. The van der Waals surface area contributed by atoms with E-state index >= 15 is 0 Å². The van der Waals surface area contributed by atoms with Crippen molar-refractivity contribution in [3.05, 3.63) is 0 Å². The van der Waals surface area contributed by atoms with Crippen LogP contribution in [0.2, 0.25) is 0 Å². The third-order valence-corrected chi connectivity index (χ3v) is 5.55. The van der Waals surface area contributed by atoms with Crippen LogP contribution >= 0.6 is 35.7 Å². The molecule has 0 amide bonds. The number of aliphatic imine (C=N–C) groups is 1. The molecule has 0 unspecified atom stereocenters. The van der Waals surface area contributed by atoms with Gasteiger partial charge in [0.15, 0.2) is 5.96 Å². The predicted molar refractivity (Wildman–Crippen MR) is 108 cm³/mol. The summed E-state index contributed by atoms with van der Waals surface area (Å²) < 4.78 is 4.85. The highest BCUT2D eigenvalue weighted by molar-refractivity contribution is 14.0. The van der Waals surface area contributed by atoms with Crippen molar-refractivity contribution in [1.82, 2.24) is 10.2 Å². The summed E-state index contributed by atoms with van der Waals surface area (Å²) in [5.74, 6) is 4.30. The molecular formula is C16H30IN3O2S.